The molecular weight excluding hydrogens is 252 g/mol. The van der Waals surface area contributed by atoms with E-state index in [1.54, 1.807) is 4.90 Å². The van der Waals surface area contributed by atoms with Crippen LogP contribution in [0.4, 0.5) is 0 Å². The summed E-state index contributed by atoms with van der Waals surface area (Å²) in [6.07, 6.45) is 2.77. The highest BCUT2D eigenvalue weighted by Crippen LogP contribution is 2.17. The molecule has 1 aromatic carbocycles. The second kappa shape index (κ2) is 7.41. The van der Waals surface area contributed by atoms with Gasteiger partial charge < -0.3 is 15.3 Å². The van der Waals surface area contributed by atoms with Gasteiger partial charge in [-0.25, -0.2) is 0 Å². The average Bonchev–Trinajstić information content (AvgIpc) is 2.50. The van der Waals surface area contributed by atoms with Gasteiger partial charge in [0.05, 0.1) is 12.6 Å². The lowest BCUT2D eigenvalue weighted by atomic mass is 9.95. The number of amides is 1. The quantitative estimate of drug-likeness (QED) is 0.824. The molecule has 1 atom stereocenters. The fourth-order valence-electron chi connectivity index (χ4n) is 2.65. The highest BCUT2D eigenvalue weighted by atomic mass is 16.3. The van der Waals surface area contributed by atoms with E-state index in [1.165, 1.54) is 11.1 Å². The van der Waals surface area contributed by atoms with Crippen LogP contribution in [0.15, 0.2) is 24.3 Å². The second-order valence-electron chi connectivity index (χ2n) is 5.31. The molecule has 1 unspecified atom stereocenters. The van der Waals surface area contributed by atoms with E-state index in [4.69, 9.17) is 5.11 Å². The smallest absolute Gasteiger partial charge is 0.240 e. The summed E-state index contributed by atoms with van der Waals surface area (Å²) in [6, 6.07) is 8.09. The maximum absolute atomic E-state index is 12.6. The van der Waals surface area contributed by atoms with E-state index in [0.717, 1.165) is 32.4 Å². The van der Waals surface area contributed by atoms with Crippen LogP contribution in [0.25, 0.3) is 0 Å². The summed E-state index contributed by atoms with van der Waals surface area (Å²) >= 11 is 0. The molecule has 0 bridgehead atoms. The standard InChI is InChI=1S/C16H24N2O2/c1-2-3-8-18(9-10-19)16(20)15-11-13-6-4-5-7-14(13)12-17-15/h4-7,15,17,19H,2-3,8-12H2,1H3. The summed E-state index contributed by atoms with van der Waals surface area (Å²) in [5.41, 5.74) is 2.53. The van der Waals surface area contributed by atoms with Gasteiger partial charge in [0.15, 0.2) is 0 Å². The van der Waals surface area contributed by atoms with Gasteiger partial charge in [-0.2, -0.15) is 0 Å². The van der Waals surface area contributed by atoms with Gasteiger partial charge in [0.1, 0.15) is 0 Å². The molecule has 0 fully saturated rings. The van der Waals surface area contributed by atoms with Gasteiger partial charge in [0.25, 0.3) is 0 Å². The number of carbonyl (C=O) groups is 1. The highest BCUT2D eigenvalue weighted by Gasteiger charge is 2.27. The van der Waals surface area contributed by atoms with E-state index in [9.17, 15) is 4.79 Å². The summed E-state index contributed by atoms with van der Waals surface area (Å²) in [7, 11) is 0. The summed E-state index contributed by atoms with van der Waals surface area (Å²) < 4.78 is 0. The zero-order valence-electron chi connectivity index (χ0n) is 12.1. The molecule has 1 heterocycles. The van der Waals surface area contributed by atoms with Crippen molar-refractivity contribution in [2.75, 3.05) is 19.7 Å². The number of fused-ring (bicyclic) bond motifs is 1. The van der Waals surface area contributed by atoms with E-state index in [0.29, 0.717) is 6.54 Å². The summed E-state index contributed by atoms with van der Waals surface area (Å²) in [6.45, 7) is 4.04. The Balaban J connectivity index is 2.01. The van der Waals surface area contributed by atoms with E-state index in [2.05, 4.69) is 24.4 Å². The van der Waals surface area contributed by atoms with Crippen LogP contribution in [0.2, 0.25) is 0 Å². The molecule has 1 aliphatic heterocycles. The van der Waals surface area contributed by atoms with Crippen molar-refractivity contribution in [3.8, 4) is 0 Å². The molecule has 0 saturated heterocycles. The van der Waals surface area contributed by atoms with Gasteiger partial charge in [-0.1, -0.05) is 37.6 Å². The Bertz CT molecular complexity index is 448. The molecule has 0 radical (unpaired) electrons. The molecule has 4 heteroatoms. The maximum Gasteiger partial charge on any atom is 0.240 e. The van der Waals surface area contributed by atoms with Crippen LogP contribution >= 0.6 is 0 Å². The molecule has 1 aromatic rings. The predicted molar refractivity (Wildman–Crippen MR) is 79.3 cm³/mol. The Morgan fingerprint density at radius 3 is 2.80 bits per heavy atom. The third-order valence-corrected chi connectivity index (χ3v) is 3.84. The predicted octanol–water partition coefficient (Wildman–Crippen LogP) is 1.32. The number of nitrogens with zero attached hydrogens (tertiary/aromatic N) is 1. The fourth-order valence-corrected chi connectivity index (χ4v) is 2.65. The van der Waals surface area contributed by atoms with E-state index in [1.807, 2.05) is 12.1 Å². The second-order valence-corrected chi connectivity index (χ2v) is 5.31. The Kier molecular flexibility index (Phi) is 5.56. The van der Waals surface area contributed by atoms with Crippen molar-refractivity contribution >= 4 is 5.91 Å². The average molecular weight is 276 g/mol. The molecule has 1 amide bonds. The molecule has 0 aliphatic carbocycles. The first kappa shape index (κ1) is 15.0. The van der Waals surface area contributed by atoms with Crippen LogP contribution in [0.3, 0.4) is 0 Å². The number of aliphatic hydroxyl groups excluding tert-OH is 1. The molecule has 110 valence electrons. The SMILES string of the molecule is CCCCN(CCO)C(=O)C1Cc2ccccc2CN1. The maximum atomic E-state index is 12.6. The normalized spacial score (nSPS) is 17.6. The van der Waals surface area contributed by atoms with Crippen molar-refractivity contribution in [1.29, 1.82) is 0 Å². The van der Waals surface area contributed by atoms with E-state index >= 15 is 0 Å². The van der Waals surface area contributed by atoms with E-state index < -0.39 is 0 Å². The van der Waals surface area contributed by atoms with Crippen molar-refractivity contribution in [2.45, 2.75) is 38.8 Å². The monoisotopic (exact) mass is 276 g/mol. The summed E-state index contributed by atoms with van der Waals surface area (Å²) in [4.78, 5) is 14.3. The molecular formula is C16H24N2O2. The van der Waals surface area contributed by atoms with Gasteiger partial charge in [-0.3, -0.25) is 4.79 Å². The molecule has 0 spiro atoms. The van der Waals surface area contributed by atoms with Crippen LogP contribution < -0.4 is 5.32 Å². The van der Waals surface area contributed by atoms with Gasteiger partial charge >= 0.3 is 0 Å². The lowest BCUT2D eigenvalue weighted by Gasteiger charge is -2.30. The zero-order valence-corrected chi connectivity index (χ0v) is 12.1. The first-order valence-electron chi connectivity index (χ1n) is 7.46. The molecule has 0 aromatic heterocycles. The largest absolute Gasteiger partial charge is 0.395 e. The lowest BCUT2D eigenvalue weighted by Crippen LogP contribution is -2.50. The molecule has 2 rings (SSSR count). The molecule has 20 heavy (non-hydrogen) atoms. The first-order chi connectivity index (χ1) is 9.76. The van der Waals surface area contributed by atoms with Gasteiger partial charge in [0.2, 0.25) is 5.91 Å². The number of hydrogen-bond donors (Lipinski definition) is 2. The highest BCUT2D eigenvalue weighted by molar-refractivity contribution is 5.82. The minimum atomic E-state index is -0.159. The Morgan fingerprint density at radius 1 is 1.35 bits per heavy atom. The van der Waals surface area contributed by atoms with Crippen molar-refractivity contribution in [3.63, 3.8) is 0 Å². The molecule has 0 saturated carbocycles. The molecule has 1 aliphatic rings. The number of carbonyl (C=O) groups excluding carboxylic acids is 1. The number of rotatable bonds is 6. The lowest BCUT2D eigenvalue weighted by molar-refractivity contribution is -0.134. The number of aliphatic hydroxyl groups is 1. The van der Waals surface area contributed by atoms with Gasteiger partial charge in [0, 0.05) is 19.6 Å². The Morgan fingerprint density at radius 2 is 2.10 bits per heavy atom. The summed E-state index contributed by atoms with van der Waals surface area (Å²) in [5.74, 6) is 0.113. The molecule has 2 N–H and O–H groups in total. The fraction of sp³-hybridized carbons (Fsp3) is 0.562. The third kappa shape index (κ3) is 3.58. The van der Waals surface area contributed by atoms with Crippen LogP contribution in [0.5, 0.6) is 0 Å². The molecule has 4 nitrogen and oxygen atoms in total. The van der Waals surface area contributed by atoms with Crippen LogP contribution in [-0.4, -0.2) is 41.7 Å². The number of hydrogen-bond acceptors (Lipinski definition) is 3. The van der Waals surface area contributed by atoms with Gasteiger partial charge in [-0.05, 0) is 24.0 Å². The minimum absolute atomic E-state index is 0.0265. The van der Waals surface area contributed by atoms with Crippen LogP contribution in [-0.2, 0) is 17.8 Å². The van der Waals surface area contributed by atoms with Crippen LogP contribution in [0, 0.1) is 0 Å². The minimum Gasteiger partial charge on any atom is -0.395 e. The number of unbranched alkanes of at least 4 members (excludes halogenated alkanes) is 1. The van der Waals surface area contributed by atoms with Crippen molar-refractivity contribution in [3.05, 3.63) is 35.4 Å². The van der Waals surface area contributed by atoms with Gasteiger partial charge in [-0.15, -0.1) is 0 Å². The Hall–Kier alpha value is -1.39. The number of benzene rings is 1. The Labute approximate surface area is 120 Å². The van der Waals surface area contributed by atoms with Crippen molar-refractivity contribution in [2.24, 2.45) is 0 Å². The number of nitrogens with one attached hydrogen (secondary N) is 1. The van der Waals surface area contributed by atoms with Crippen molar-refractivity contribution in [1.82, 2.24) is 10.2 Å². The van der Waals surface area contributed by atoms with E-state index in [-0.39, 0.29) is 18.6 Å². The first-order valence-corrected chi connectivity index (χ1v) is 7.46. The topological polar surface area (TPSA) is 52.6 Å². The van der Waals surface area contributed by atoms with Crippen molar-refractivity contribution < 1.29 is 9.90 Å². The van der Waals surface area contributed by atoms with Crippen LogP contribution in [0.1, 0.15) is 30.9 Å². The zero-order chi connectivity index (χ0) is 14.4. The third-order valence-electron chi connectivity index (χ3n) is 3.84. The summed E-state index contributed by atoms with van der Waals surface area (Å²) in [5, 5.41) is 12.4.